The summed E-state index contributed by atoms with van der Waals surface area (Å²) in [6.07, 6.45) is 1.10. The van der Waals surface area contributed by atoms with Crippen LogP contribution in [-0.4, -0.2) is 74.6 Å². The van der Waals surface area contributed by atoms with Crippen LogP contribution in [0.3, 0.4) is 0 Å². The zero-order valence-electron chi connectivity index (χ0n) is 22.3. The van der Waals surface area contributed by atoms with Crippen LogP contribution in [0.25, 0.3) is 0 Å². The van der Waals surface area contributed by atoms with Gasteiger partial charge in [0.25, 0.3) is 5.91 Å². The Kier molecular flexibility index (Phi) is 8.45. The molecule has 9 nitrogen and oxygen atoms in total. The molecule has 2 aromatic carbocycles. The van der Waals surface area contributed by atoms with Crippen LogP contribution in [0.15, 0.2) is 36.4 Å². The van der Waals surface area contributed by atoms with E-state index < -0.39 is 0 Å². The van der Waals surface area contributed by atoms with E-state index >= 15 is 0 Å². The van der Waals surface area contributed by atoms with E-state index in [9.17, 15) is 14.4 Å². The highest BCUT2D eigenvalue weighted by atomic mass is 16.2. The van der Waals surface area contributed by atoms with Crippen LogP contribution in [0.1, 0.15) is 35.6 Å². The second-order valence-electron chi connectivity index (χ2n) is 9.79. The minimum atomic E-state index is -0.133. The van der Waals surface area contributed by atoms with E-state index in [1.165, 1.54) is 11.1 Å². The molecule has 0 aliphatic carbocycles. The predicted octanol–water partition coefficient (Wildman–Crippen LogP) is 1.83. The van der Waals surface area contributed by atoms with Gasteiger partial charge in [-0.2, -0.15) is 0 Å². The molecular weight excluding hydrogens is 468 g/mol. The topological polar surface area (TPSA) is 88.2 Å². The van der Waals surface area contributed by atoms with Gasteiger partial charge in [0.2, 0.25) is 11.8 Å². The van der Waals surface area contributed by atoms with E-state index in [0.717, 1.165) is 29.0 Å². The number of aryl methyl sites for hydroxylation is 2. The molecule has 198 valence electrons. The maximum absolute atomic E-state index is 13.5. The third-order valence-electron chi connectivity index (χ3n) is 7.23. The van der Waals surface area contributed by atoms with Crippen molar-refractivity contribution in [3.05, 3.63) is 58.7 Å². The minimum absolute atomic E-state index is 0.0678. The highest BCUT2D eigenvalue weighted by Crippen LogP contribution is 2.34. The number of likely N-dealkylation sites (N-methyl/N-ethyl adjacent to an activating group) is 2. The van der Waals surface area contributed by atoms with Gasteiger partial charge in [0.05, 0.1) is 13.1 Å². The Bertz CT molecular complexity index is 1140. The van der Waals surface area contributed by atoms with Crippen molar-refractivity contribution in [2.24, 2.45) is 0 Å². The van der Waals surface area contributed by atoms with Crippen LogP contribution in [-0.2, 0) is 33.9 Å². The van der Waals surface area contributed by atoms with Gasteiger partial charge in [-0.25, -0.2) is 5.01 Å². The van der Waals surface area contributed by atoms with E-state index in [1.54, 1.807) is 24.0 Å². The van der Waals surface area contributed by atoms with Crippen LogP contribution >= 0.6 is 0 Å². The highest BCUT2D eigenvalue weighted by molar-refractivity contribution is 5.97. The number of hydrazine groups is 1. The maximum atomic E-state index is 13.5. The van der Waals surface area contributed by atoms with Crippen molar-refractivity contribution in [1.29, 1.82) is 0 Å². The molecule has 0 bridgehead atoms. The maximum Gasteiger partial charge on any atom is 0.256 e. The molecule has 0 atom stereocenters. The molecule has 0 spiro atoms. The van der Waals surface area contributed by atoms with Crippen LogP contribution in [0.2, 0.25) is 0 Å². The number of hydrogen-bond donors (Lipinski definition) is 2. The summed E-state index contributed by atoms with van der Waals surface area (Å²) in [7, 11) is 3.59. The lowest BCUT2D eigenvalue weighted by atomic mass is 9.98. The molecule has 37 heavy (non-hydrogen) atoms. The van der Waals surface area contributed by atoms with E-state index in [0.29, 0.717) is 39.0 Å². The summed E-state index contributed by atoms with van der Waals surface area (Å²) in [6.45, 7) is 7.54. The standard InChI is InChI=1S/C28H38N6O3/c1-5-29-12-13-30-26(35)18-33(24-15-21-10-11-27(36)31(3)25(21)14-20(24)2)19-28(37)32(4)34-16-22-8-6-7-9-23(22)17-34/h6-9,14-15,29H,5,10-13,16-19H2,1-4H3,(H,30,35). The first-order valence-electron chi connectivity index (χ1n) is 13.0. The molecule has 0 saturated carbocycles. The van der Waals surface area contributed by atoms with E-state index in [4.69, 9.17) is 0 Å². The monoisotopic (exact) mass is 506 g/mol. The first kappa shape index (κ1) is 26.6. The summed E-state index contributed by atoms with van der Waals surface area (Å²) in [4.78, 5) is 42.1. The minimum Gasteiger partial charge on any atom is -0.353 e. The number of benzene rings is 2. The predicted molar refractivity (Wildman–Crippen MR) is 145 cm³/mol. The summed E-state index contributed by atoms with van der Waals surface area (Å²) >= 11 is 0. The average Bonchev–Trinajstić information content (AvgIpc) is 3.32. The van der Waals surface area contributed by atoms with Gasteiger partial charge in [-0.05, 0) is 54.3 Å². The summed E-state index contributed by atoms with van der Waals surface area (Å²) < 4.78 is 0. The lowest BCUT2D eigenvalue weighted by molar-refractivity contribution is -0.145. The van der Waals surface area contributed by atoms with Gasteiger partial charge < -0.3 is 20.4 Å². The zero-order valence-corrected chi connectivity index (χ0v) is 22.3. The van der Waals surface area contributed by atoms with Gasteiger partial charge in [0.1, 0.15) is 0 Å². The molecule has 0 radical (unpaired) electrons. The SMILES string of the molecule is CCNCCNC(=O)CN(CC(=O)N(C)N1Cc2ccccc2C1)c1cc2c(cc1C)N(C)C(=O)CC2. The highest BCUT2D eigenvalue weighted by Gasteiger charge is 2.28. The normalized spacial score (nSPS) is 14.8. The van der Waals surface area contributed by atoms with Crippen LogP contribution in [0.4, 0.5) is 11.4 Å². The molecule has 0 saturated heterocycles. The number of amides is 3. The lowest BCUT2D eigenvalue weighted by Crippen LogP contribution is -2.48. The van der Waals surface area contributed by atoms with Gasteiger partial charge in [-0.3, -0.25) is 19.4 Å². The van der Waals surface area contributed by atoms with Gasteiger partial charge in [0, 0.05) is 58.1 Å². The number of nitrogens with zero attached hydrogens (tertiary/aromatic N) is 4. The van der Waals surface area contributed by atoms with Crippen molar-refractivity contribution < 1.29 is 14.4 Å². The van der Waals surface area contributed by atoms with Gasteiger partial charge in [0.15, 0.2) is 0 Å². The van der Waals surface area contributed by atoms with Crippen LogP contribution in [0, 0.1) is 6.92 Å². The fourth-order valence-electron chi connectivity index (χ4n) is 4.99. The molecule has 3 amide bonds. The van der Waals surface area contributed by atoms with Crippen molar-refractivity contribution in [2.75, 3.05) is 56.6 Å². The molecule has 2 N–H and O–H groups in total. The van der Waals surface area contributed by atoms with E-state index in [2.05, 4.69) is 22.8 Å². The second-order valence-corrected chi connectivity index (χ2v) is 9.79. The summed E-state index contributed by atoms with van der Waals surface area (Å²) in [5, 5.41) is 9.86. The number of carbonyl (C=O) groups is 3. The van der Waals surface area contributed by atoms with E-state index in [-0.39, 0.29) is 30.8 Å². The third-order valence-corrected chi connectivity index (χ3v) is 7.23. The van der Waals surface area contributed by atoms with Crippen LogP contribution < -0.4 is 20.4 Å². The summed E-state index contributed by atoms with van der Waals surface area (Å²) in [5.74, 6) is -0.121. The number of hydrogen-bond acceptors (Lipinski definition) is 6. The molecule has 2 aromatic rings. The van der Waals surface area contributed by atoms with Crippen molar-refractivity contribution >= 4 is 29.1 Å². The first-order chi connectivity index (χ1) is 17.8. The molecule has 2 aliphatic rings. The number of rotatable bonds is 10. The lowest BCUT2D eigenvalue weighted by Gasteiger charge is -2.33. The van der Waals surface area contributed by atoms with Gasteiger partial charge in [-0.15, -0.1) is 0 Å². The fraction of sp³-hybridized carbons (Fsp3) is 0.464. The van der Waals surface area contributed by atoms with Crippen molar-refractivity contribution in [1.82, 2.24) is 20.7 Å². The smallest absolute Gasteiger partial charge is 0.256 e. The molecule has 0 aromatic heterocycles. The third kappa shape index (κ3) is 6.11. The van der Waals surface area contributed by atoms with Crippen LogP contribution in [0.5, 0.6) is 0 Å². The molecule has 2 aliphatic heterocycles. The number of carbonyl (C=O) groups excluding carboxylic acids is 3. The first-order valence-corrected chi connectivity index (χ1v) is 13.0. The molecule has 4 rings (SSSR count). The molecule has 0 unspecified atom stereocenters. The Morgan fingerprint density at radius 3 is 2.38 bits per heavy atom. The largest absolute Gasteiger partial charge is 0.353 e. The zero-order chi connectivity index (χ0) is 26.5. The Balaban J connectivity index is 1.53. The fourth-order valence-corrected chi connectivity index (χ4v) is 4.99. The Morgan fingerprint density at radius 2 is 1.70 bits per heavy atom. The molecule has 0 fully saturated rings. The second kappa shape index (κ2) is 11.7. The number of anilines is 2. The number of fused-ring (bicyclic) bond motifs is 2. The van der Waals surface area contributed by atoms with Gasteiger partial charge in [-0.1, -0.05) is 31.2 Å². The van der Waals surface area contributed by atoms with E-state index in [1.807, 2.05) is 48.0 Å². The summed E-state index contributed by atoms with van der Waals surface area (Å²) in [6, 6.07) is 12.3. The van der Waals surface area contributed by atoms with Gasteiger partial charge >= 0.3 is 0 Å². The quantitative estimate of drug-likeness (QED) is 0.478. The summed E-state index contributed by atoms with van der Waals surface area (Å²) in [5.41, 5.74) is 6.16. The molecular formula is C28H38N6O3. The van der Waals surface area contributed by atoms with Crippen molar-refractivity contribution in [3.63, 3.8) is 0 Å². The Morgan fingerprint density at radius 1 is 1.00 bits per heavy atom. The Labute approximate surface area is 219 Å². The Hall–Kier alpha value is -3.43. The molecule has 9 heteroatoms. The van der Waals surface area contributed by atoms with Crippen molar-refractivity contribution in [3.8, 4) is 0 Å². The van der Waals surface area contributed by atoms with Crippen molar-refractivity contribution in [2.45, 2.75) is 39.8 Å². The molecule has 2 heterocycles. The number of nitrogens with one attached hydrogen (secondary N) is 2. The average molecular weight is 507 g/mol.